The normalized spacial score (nSPS) is 13.1. The van der Waals surface area contributed by atoms with Crippen molar-refractivity contribution in [3.05, 3.63) is 81.8 Å². The van der Waals surface area contributed by atoms with E-state index in [0.717, 1.165) is 36.0 Å². The molecule has 2 heteroatoms. The fraction of sp³-hybridized carbons (Fsp3) is 0.348. The van der Waals surface area contributed by atoms with Gasteiger partial charge in [-0.05, 0) is 74.6 Å². The summed E-state index contributed by atoms with van der Waals surface area (Å²) in [6.45, 7) is 12.4. The van der Waals surface area contributed by atoms with Gasteiger partial charge in [0.05, 0.1) is 0 Å². The van der Waals surface area contributed by atoms with Crippen molar-refractivity contribution in [2.45, 2.75) is 53.4 Å². The maximum absolute atomic E-state index is 8.30. The summed E-state index contributed by atoms with van der Waals surface area (Å²) in [5, 5.41) is 10.0. The van der Waals surface area contributed by atoms with E-state index in [0.29, 0.717) is 12.1 Å². The molecular formula is C23H31NS. The van der Waals surface area contributed by atoms with Crippen LogP contribution in [-0.4, -0.2) is 5.71 Å². The number of hydrogen-bond acceptors (Lipinski definition) is 2. The van der Waals surface area contributed by atoms with Gasteiger partial charge in [0.15, 0.2) is 0 Å². The molecule has 1 N–H and O–H groups in total. The van der Waals surface area contributed by atoms with Crippen molar-refractivity contribution in [2.75, 3.05) is 0 Å². The SMILES string of the molecule is C=C(CCCc1cccc(C)c1)CC(=N)/C(C)=C/C(C)=C(C)/C=C\S. The van der Waals surface area contributed by atoms with E-state index in [-0.39, 0.29) is 0 Å². The third kappa shape index (κ3) is 8.22. The minimum Gasteiger partial charge on any atom is -0.305 e. The summed E-state index contributed by atoms with van der Waals surface area (Å²) in [5.41, 5.74) is 7.82. The lowest BCUT2D eigenvalue weighted by molar-refractivity contribution is 0.803. The molecule has 0 aliphatic rings. The van der Waals surface area contributed by atoms with Crippen LogP contribution in [0.3, 0.4) is 0 Å². The molecule has 0 aromatic heterocycles. The van der Waals surface area contributed by atoms with Gasteiger partial charge in [-0.15, -0.1) is 0 Å². The van der Waals surface area contributed by atoms with E-state index in [1.807, 2.05) is 13.0 Å². The van der Waals surface area contributed by atoms with Gasteiger partial charge in [-0.25, -0.2) is 0 Å². The number of rotatable bonds is 9. The molecule has 0 unspecified atom stereocenters. The summed E-state index contributed by atoms with van der Waals surface area (Å²) in [6, 6.07) is 8.67. The monoisotopic (exact) mass is 353 g/mol. The second kappa shape index (κ2) is 10.9. The average molecular weight is 354 g/mol. The largest absolute Gasteiger partial charge is 0.305 e. The maximum atomic E-state index is 8.30. The van der Waals surface area contributed by atoms with Crippen LogP contribution in [0.1, 0.15) is 51.2 Å². The first kappa shape index (κ1) is 21.2. The molecule has 0 atom stereocenters. The van der Waals surface area contributed by atoms with Gasteiger partial charge in [0.25, 0.3) is 0 Å². The van der Waals surface area contributed by atoms with Gasteiger partial charge in [-0.3, -0.25) is 0 Å². The van der Waals surface area contributed by atoms with Gasteiger partial charge in [0.2, 0.25) is 0 Å². The van der Waals surface area contributed by atoms with Crippen LogP contribution in [0.5, 0.6) is 0 Å². The van der Waals surface area contributed by atoms with E-state index in [9.17, 15) is 0 Å². The molecule has 0 spiro atoms. The number of allylic oxidation sites excluding steroid dienone is 6. The fourth-order valence-electron chi connectivity index (χ4n) is 2.66. The van der Waals surface area contributed by atoms with E-state index < -0.39 is 0 Å². The van der Waals surface area contributed by atoms with E-state index >= 15 is 0 Å². The summed E-state index contributed by atoms with van der Waals surface area (Å²) in [4.78, 5) is 0. The molecule has 1 nitrogen and oxygen atoms in total. The van der Waals surface area contributed by atoms with Gasteiger partial charge >= 0.3 is 0 Å². The molecule has 0 amide bonds. The highest BCUT2D eigenvalue weighted by Crippen LogP contribution is 2.17. The highest BCUT2D eigenvalue weighted by molar-refractivity contribution is 7.83. The zero-order valence-electron chi connectivity index (χ0n) is 16.0. The van der Waals surface area contributed by atoms with Crippen LogP contribution in [0.25, 0.3) is 0 Å². The Morgan fingerprint density at radius 3 is 2.56 bits per heavy atom. The molecule has 0 bridgehead atoms. The molecule has 134 valence electrons. The minimum atomic E-state index is 0.655. The predicted molar refractivity (Wildman–Crippen MR) is 116 cm³/mol. The molecular weight excluding hydrogens is 322 g/mol. The smallest absolute Gasteiger partial charge is 0.0383 e. The van der Waals surface area contributed by atoms with E-state index in [1.54, 1.807) is 5.41 Å². The van der Waals surface area contributed by atoms with Crippen molar-refractivity contribution < 1.29 is 0 Å². The predicted octanol–water partition coefficient (Wildman–Crippen LogP) is 7.01. The summed E-state index contributed by atoms with van der Waals surface area (Å²) < 4.78 is 0. The second-order valence-electron chi connectivity index (χ2n) is 6.76. The van der Waals surface area contributed by atoms with E-state index in [4.69, 9.17) is 5.41 Å². The van der Waals surface area contributed by atoms with E-state index in [2.05, 4.69) is 70.3 Å². The number of nitrogens with one attached hydrogen (secondary N) is 1. The molecule has 0 radical (unpaired) electrons. The molecule has 1 aromatic rings. The van der Waals surface area contributed by atoms with Gasteiger partial charge in [0, 0.05) is 12.1 Å². The maximum Gasteiger partial charge on any atom is 0.0383 e. The summed E-state index contributed by atoms with van der Waals surface area (Å²) in [7, 11) is 0. The zero-order chi connectivity index (χ0) is 18.8. The highest BCUT2D eigenvalue weighted by Gasteiger charge is 2.04. The van der Waals surface area contributed by atoms with Crippen LogP contribution >= 0.6 is 12.6 Å². The third-order valence-electron chi connectivity index (χ3n) is 4.36. The number of hydrogen-bond donors (Lipinski definition) is 2. The first-order chi connectivity index (χ1) is 11.8. The Morgan fingerprint density at radius 1 is 1.20 bits per heavy atom. The van der Waals surface area contributed by atoms with Crippen LogP contribution < -0.4 is 0 Å². The lowest BCUT2D eigenvalue weighted by atomic mass is 9.97. The summed E-state index contributed by atoms with van der Waals surface area (Å²) in [6.07, 6.45) is 7.83. The molecule has 1 rings (SSSR count). The Kier molecular flexibility index (Phi) is 9.30. The first-order valence-corrected chi connectivity index (χ1v) is 9.31. The molecule has 0 aliphatic heterocycles. The molecule has 0 fully saturated rings. The number of aryl methyl sites for hydroxylation is 2. The van der Waals surface area contributed by atoms with Crippen molar-refractivity contribution in [1.82, 2.24) is 0 Å². The standard InChI is InChI=1S/C23H31NS/c1-17-8-6-10-22(14-17)11-7-9-18(2)15-23(24)21(5)16-20(4)19(3)12-13-25/h6,8,10,12-14,16,24-25H,2,7,9,11,15H2,1,3-5H3/b13-12-,20-19+,21-16+,24-23?. The fourth-order valence-corrected chi connectivity index (χ4v) is 2.88. The zero-order valence-corrected chi connectivity index (χ0v) is 16.9. The Labute approximate surface area is 159 Å². The van der Waals surface area contributed by atoms with Crippen LogP contribution in [0, 0.1) is 12.3 Å². The van der Waals surface area contributed by atoms with Crippen molar-refractivity contribution in [3.8, 4) is 0 Å². The molecule has 0 aliphatic carbocycles. The average Bonchev–Trinajstić information content (AvgIpc) is 2.54. The summed E-state index contributed by atoms with van der Waals surface area (Å²) >= 11 is 4.11. The molecule has 0 saturated heterocycles. The number of benzene rings is 1. The van der Waals surface area contributed by atoms with Gasteiger partial charge in [-0.1, -0.05) is 54.1 Å². The Morgan fingerprint density at radius 2 is 1.92 bits per heavy atom. The first-order valence-electron chi connectivity index (χ1n) is 8.80. The van der Waals surface area contributed by atoms with Crippen LogP contribution in [0.4, 0.5) is 0 Å². The van der Waals surface area contributed by atoms with Gasteiger partial charge < -0.3 is 5.41 Å². The Hall–Kier alpha value is -1.80. The van der Waals surface area contributed by atoms with Crippen molar-refractivity contribution in [2.24, 2.45) is 0 Å². The van der Waals surface area contributed by atoms with Crippen LogP contribution in [-0.2, 0) is 6.42 Å². The quantitative estimate of drug-likeness (QED) is 0.206. The molecule has 0 saturated carbocycles. The van der Waals surface area contributed by atoms with Crippen molar-refractivity contribution in [3.63, 3.8) is 0 Å². The van der Waals surface area contributed by atoms with Crippen molar-refractivity contribution >= 4 is 18.3 Å². The minimum absolute atomic E-state index is 0.655. The summed E-state index contributed by atoms with van der Waals surface area (Å²) in [5.74, 6) is 0. The second-order valence-corrected chi connectivity index (χ2v) is 7.06. The van der Waals surface area contributed by atoms with Crippen molar-refractivity contribution in [1.29, 1.82) is 5.41 Å². The van der Waals surface area contributed by atoms with Crippen LogP contribution in [0.2, 0.25) is 0 Å². The lowest BCUT2D eigenvalue weighted by Gasteiger charge is -2.09. The molecule has 1 aromatic carbocycles. The molecule has 25 heavy (non-hydrogen) atoms. The Balaban J connectivity index is 2.50. The van der Waals surface area contributed by atoms with Gasteiger partial charge in [-0.2, -0.15) is 12.6 Å². The van der Waals surface area contributed by atoms with E-state index in [1.165, 1.54) is 16.7 Å². The Bertz CT molecular complexity index is 705. The van der Waals surface area contributed by atoms with Crippen LogP contribution in [0.15, 0.2) is 70.7 Å². The lowest BCUT2D eigenvalue weighted by Crippen LogP contribution is -2.01. The highest BCUT2D eigenvalue weighted by atomic mass is 32.1. The molecule has 0 heterocycles. The number of thiol groups is 1. The van der Waals surface area contributed by atoms with Gasteiger partial charge in [0.1, 0.15) is 0 Å². The topological polar surface area (TPSA) is 23.9 Å². The third-order valence-corrected chi connectivity index (χ3v) is 4.51.